The van der Waals surface area contributed by atoms with E-state index in [1.165, 1.54) is 0 Å². The SMILES string of the molecule is C[C@@H](NC(=O)C1CC(=O)NC(c2ccccc2)N1)c1ccc(Cl)cc1. The van der Waals surface area contributed by atoms with Crippen LogP contribution in [0, 0.1) is 0 Å². The van der Waals surface area contributed by atoms with E-state index in [2.05, 4.69) is 16.0 Å². The second-order valence-electron chi connectivity index (χ2n) is 6.12. The maximum Gasteiger partial charge on any atom is 0.238 e. The number of carbonyl (C=O) groups excluding carboxylic acids is 2. The van der Waals surface area contributed by atoms with E-state index in [0.717, 1.165) is 11.1 Å². The van der Waals surface area contributed by atoms with Crippen molar-refractivity contribution in [1.29, 1.82) is 0 Å². The van der Waals surface area contributed by atoms with Crippen LogP contribution in [0.25, 0.3) is 0 Å². The Labute approximate surface area is 151 Å². The lowest BCUT2D eigenvalue weighted by Gasteiger charge is -2.31. The molecule has 2 unspecified atom stereocenters. The molecule has 0 saturated carbocycles. The fourth-order valence-corrected chi connectivity index (χ4v) is 2.98. The van der Waals surface area contributed by atoms with Crippen LogP contribution in [0.2, 0.25) is 5.02 Å². The minimum Gasteiger partial charge on any atom is -0.348 e. The molecule has 1 saturated heterocycles. The van der Waals surface area contributed by atoms with Crippen LogP contribution in [0.3, 0.4) is 0 Å². The highest BCUT2D eigenvalue weighted by Gasteiger charge is 2.31. The molecule has 25 heavy (non-hydrogen) atoms. The Morgan fingerprint density at radius 2 is 1.84 bits per heavy atom. The number of carbonyl (C=O) groups is 2. The molecule has 0 bridgehead atoms. The summed E-state index contributed by atoms with van der Waals surface area (Å²) in [6.07, 6.45) is -0.258. The molecule has 2 aromatic rings. The highest BCUT2D eigenvalue weighted by atomic mass is 35.5. The monoisotopic (exact) mass is 357 g/mol. The van der Waals surface area contributed by atoms with Gasteiger partial charge in [0.2, 0.25) is 11.8 Å². The Kier molecular flexibility index (Phi) is 5.36. The maximum absolute atomic E-state index is 12.6. The maximum atomic E-state index is 12.6. The molecule has 0 spiro atoms. The number of nitrogens with one attached hydrogen (secondary N) is 3. The fourth-order valence-electron chi connectivity index (χ4n) is 2.85. The number of hydrogen-bond donors (Lipinski definition) is 3. The van der Waals surface area contributed by atoms with Gasteiger partial charge in [0.25, 0.3) is 0 Å². The van der Waals surface area contributed by atoms with Crippen molar-refractivity contribution in [3.05, 3.63) is 70.7 Å². The molecule has 2 amide bonds. The molecule has 0 aromatic heterocycles. The fraction of sp³-hybridized carbons (Fsp3) is 0.263. The third-order valence-corrected chi connectivity index (χ3v) is 4.49. The first-order valence-corrected chi connectivity index (χ1v) is 8.57. The summed E-state index contributed by atoms with van der Waals surface area (Å²) in [5.41, 5.74) is 1.87. The quantitative estimate of drug-likeness (QED) is 0.788. The smallest absolute Gasteiger partial charge is 0.238 e. The molecular formula is C19H20ClN3O2. The molecule has 130 valence electrons. The summed E-state index contributed by atoms with van der Waals surface area (Å²) in [7, 11) is 0. The molecule has 1 aliphatic heterocycles. The Bertz CT molecular complexity index is 749. The largest absolute Gasteiger partial charge is 0.348 e. The zero-order valence-electron chi connectivity index (χ0n) is 13.8. The lowest BCUT2D eigenvalue weighted by molar-refractivity contribution is -0.132. The van der Waals surface area contributed by atoms with Crippen LogP contribution in [0.1, 0.15) is 36.7 Å². The van der Waals surface area contributed by atoms with Gasteiger partial charge in [-0.3, -0.25) is 14.9 Å². The molecule has 2 aromatic carbocycles. The number of hydrogen-bond acceptors (Lipinski definition) is 3. The minimum atomic E-state index is -0.575. The number of benzene rings is 2. The van der Waals surface area contributed by atoms with Crippen LogP contribution >= 0.6 is 11.6 Å². The van der Waals surface area contributed by atoms with Gasteiger partial charge < -0.3 is 10.6 Å². The normalized spacial score (nSPS) is 21.3. The van der Waals surface area contributed by atoms with Crippen molar-refractivity contribution < 1.29 is 9.59 Å². The van der Waals surface area contributed by atoms with Gasteiger partial charge in [-0.05, 0) is 30.2 Å². The van der Waals surface area contributed by atoms with Crippen LogP contribution in [-0.2, 0) is 9.59 Å². The third-order valence-electron chi connectivity index (χ3n) is 4.24. The second kappa shape index (κ2) is 7.68. The first-order chi connectivity index (χ1) is 12.0. The van der Waals surface area contributed by atoms with Gasteiger partial charge in [-0.2, -0.15) is 0 Å². The Morgan fingerprint density at radius 1 is 1.16 bits per heavy atom. The topological polar surface area (TPSA) is 70.2 Å². The van der Waals surface area contributed by atoms with Gasteiger partial charge in [0.1, 0.15) is 6.17 Å². The highest BCUT2D eigenvalue weighted by molar-refractivity contribution is 6.30. The predicted molar refractivity (Wildman–Crippen MR) is 96.9 cm³/mol. The van der Waals surface area contributed by atoms with Crippen LogP contribution in [0.4, 0.5) is 0 Å². The summed E-state index contributed by atoms with van der Waals surface area (Å²) in [6, 6.07) is 16.1. The van der Waals surface area contributed by atoms with Crippen molar-refractivity contribution in [2.75, 3.05) is 0 Å². The number of halogens is 1. The first kappa shape index (κ1) is 17.5. The number of rotatable bonds is 4. The Hall–Kier alpha value is -2.37. The van der Waals surface area contributed by atoms with Crippen molar-refractivity contribution >= 4 is 23.4 Å². The standard InChI is InChI=1S/C19H20ClN3O2/c1-12(13-7-9-15(20)10-8-13)21-19(25)16-11-17(24)23-18(22-16)14-5-3-2-4-6-14/h2-10,12,16,18,22H,11H2,1H3,(H,21,25)(H,23,24)/t12-,16?,18?/m1/s1. The molecule has 1 fully saturated rings. The highest BCUT2D eigenvalue weighted by Crippen LogP contribution is 2.18. The van der Waals surface area contributed by atoms with Crippen molar-refractivity contribution in [1.82, 2.24) is 16.0 Å². The molecule has 3 rings (SSSR count). The zero-order chi connectivity index (χ0) is 17.8. The minimum absolute atomic E-state index is 0.114. The Balaban J connectivity index is 1.66. The van der Waals surface area contributed by atoms with Crippen LogP contribution < -0.4 is 16.0 Å². The van der Waals surface area contributed by atoms with Gasteiger partial charge >= 0.3 is 0 Å². The molecule has 1 heterocycles. The summed E-state index contributed by atoms with van der Waals surface area (Å²) in [5, 5.41) is 9.67. The molecule has 3 N–H and O–H groups in total. The predicted octanol–water partition coefficient (Wildman–Crippen LogP) is 2.69. The molecule has 6 heteroatoms. The summed E-state index contributed by atoms with van der Waals surface area (Å²) in [5.74, 6) is -0.342. The van der Waals surface area contributed by atoms with Gasteiger partial charge in [0, 0.05) is 5.02 Å². The van der Waals surface area contributed by atoms with E-state index in [-0.39, 0.29) is 30.4 Å². The van der Waals surface area contributed by atoms with Gasteiger partial charge in [-0.1, -0.05) is 54.1 Å². The average Bonchev–Trinajstić information content (AvgIpc) is 2.62. The van der Waals surface area contributed by atoms with E-state index >= 15 is 0 Å². The summed E-state index contributed by atoms with van der Waals surface area (Å²) < 4.78 is 0. The summed E-state index contributed by atoms with van der Waals surface area (Å²) in [6.45, 7) is 1.90. The Morgan fingerprint density at radius 3 is 2.52 bits per heavy atom. The van der Waals surface area contributed by atoms with Gasteiger partial charge in [-0.25, -0.2) is 0 Å². The van der Waals surface area contributed by atoms with Gasteiger partial charge in [-0.15, -0.1) is 0 Å². The van der Waals surface area contributed by atoms with Crippen molar-refractivity contribution in [3.63, 3.8) is 0 Å². The lowest BCUT2D eigenvalue weighted by Crippen LogP contribution is -2.56. The van der Waals surface area contributed by atoms with Crippen LogP contribution in [0.15, 0.2) is 54.6 Å². The van der Waals surface area contributed by atoms with Gasteiger partial charge in [0.05, 0.1) is 18.5 Å². The van der Waals surface area contributed by atoms with Crippen molar-refractivity contribution in [2.24, 2.45) is 0 Å². The summed E-state index contributed by atoms with van der Waals surface area (Å²) >= 11 is 5.89. The van der Waals surface area contributed by atoms with Crippen LogP contribution in [0.5, 0.6) is 0 Å². The molecule has 0 radical (unpaired) electrons. The lowest BCUT2D eigenvalue weighted by atomic mass is 10.0. The van der Waals surface area contributed by atoms with Crippen LogP contribution in [-0.4, -0.2) is 17.9 Å². The van der Waals surface area contributed by atoms with Crippen molar-refractivity contribution in [2.45, 2.75) is 31.6 Å². The molecule has 5 nitrogen and oxygen atoms in total. The van der Waals surface area contributed by atoms with E-state index in [0.29, 0.717) is 5.02 Å². The third kappa shape index (κ3) is 4.38. The van der Waals surface area contributed by atoms with Gasteiger partial charge in [0.15, 0.2) is 0 Å². The van der Waals surface area contributed by atoms with Crippen molar-refractivity contribution in [3.8, 4) is 0 Å². The first-order valence-electron chi connectivity index (χ1n) is 8.19. The molecule has 3 atom stereocenters. The van der Waals surface area contributed by atoms with E-state index in [9.17, 15) is 9.59 Å². The van der Waals surface area contributed by atoms with E-state index in [4.69, 9.17) is 11.6 Å². The van der Waals surface area contributed by atoms with E-state index < -0.39 is 6.04 Å². The zero-order valence-corrected chi connectivity index (χ0v) is 14.6. The number of amides is 2. The molecule has 0 aliphatic carbocycles. The van der Waals surface area contributed by atoms with E-state index in [1.54, 1.807) is 12.1 Å². The van der Waals surface area contributed by atoms with E-state index in [1.807, 2.05) is 49.4 Å². The second-order valence-corrected chi connectivity index (χ2v) is 6.55. The molecule has 1 aliphatic rings. The molecular weight excluding hydrogens is 338 g/mol. The average molecular weight is 358 g/mol. The summed E-state index contributed by atoms with van der Waals surface area (Å²) in [4.78, 5) is 24.6.